The Balaban J connectivity index is 2.09. The number of hydrogen-bond acceptors (Lipinski definition) is 3. The summed E-state index contributed by atoms with van der Waals surface area (Å²) in [6.07, 6.45) is 5.12. The van der Waals surface area contributed by atoms with E-state index in [1.54, 1.807) is 11.3 Å². The zero-order chi connectivity index (χ0) is 12.4. The predicted octanol–water partition coefficient (Wildman–Crippen LogP) is 3.19. The molecule has 0 aliphatic heterocycles. The van der Waals surface area contributed by atoms with Crippen LogP contribution in [0.3, 0.4) is 0 Å². The van der Waals surface area contributed by atoms with Gasteiger partial charge in [-0.1, -0.05) is 12.8 Å². The van der Waals surface area contributed by atoms with Crippen LogP contribution < -0.4 is 0 Å². The number of carbonyl (C=O) groups is 1. The lowest BCUT2D eigenvalue weighted by Crippen LogP contribution is -2.24. The molecule has 1 aliphatic rings. The first kappa shape index (κ1) is 12.6. The number of rotatable bonds is 4. The molecule has 1 heterocycles. The van der Waals surface area contributed by atoms with Gasteiger partial charge in [-0.15, -0.1) is 11.3 Å². The van der Waals surface area contributed by atoms with Gasteiger partial charge >= 0.3 is 5.97 Å². The van der Waals surface area contributed by atoms with E-state index in [1.165, 1.54) is 17.7 Å². The van der Waals surface area contributed by atoms with E-state index < -0.39 is 5.97 Å². The lowest BCUT2D eigenvalue weighted by Gasteiger charge is -2.17. The molecular formula is C13H19NO2S. The van der Waals surface area contributed by atoms with Gasteiger partial charge in [0.1, 0.15) is 0 Å². The van der Waals surface area contributed by atoms with E-state index in [1.807, 2.05) is 13.8 Å². The molecule has 0 bridgehead atoms. The summed E-state index contributed by atoms with van der Waals surface area (Å²) in [5.41, 5.74) is 1.04. The van der Waals surface area contributed by atoms with E-state index in [4.69, 9.17) is 0 Å². The van der Waals surface area contributed by atoms with Crippen LogP contribution in [0, 0.1) is 25.7 Å². The predicted molar refractivity (Wildman–Crippen MR) is 68.4 cm³/mol. The van der Waals surface area contributed by atoms with Crippen LogP contribution in [0.15, 0.2) is 0 Å². The highest BCUT2D eigenvalue weighted by Crippen LogP contribution is 2.34. The highest BCUT2D eigenvalue weighted by molar-refractivity contribution is 7.11. The van der Waals surface area contributed by atoms with Crippen LogP contribution in [0.1, 0.15) is 41.3 Å². The van der Waals surface area contributed by atoms with Gasteiger partial charge < -0.3 is 5.11 Å². The first-order chi connectivity index (χ1) is 8.08. The molecule has 1 aromatic rings. The Labute approximate surface area is 106 Å². The molecule has 1 unspecified atom stereocenters. The quantitative estimate of drug-likeness (QED) is 0.896. The second-order valence-electron chi connectivity index (χ2n) is 4.94. The summed E-state index contributed by atoms with van der Waals surface area (Å²) in [6.45, 7) is 4.03. The summed E-state index contributed by atoms with van der Waals surface area (Å²) in [5.74, 6) is -0.526. The number of hydrogen-bond donors (Lipinski definition) is 1. The van der Waals surface area contributed by atoms with Gasteiger partial charge in [-0.2, -0.15) is 0 Å². The minimum absolute atomic E-state index is 0.234. The van der Waals surface area contributed by atoms with Crippen molar-refractivity contribution >= 4 is 17.3 Å². The lowest BCUT2D eigenvalue weighted by atomic mass is 9.88. The van der Waals surface area contributed by atoms with Gasteiger partial charge in [0.15, 0.2) is 0 Å². The first-order valence-corrected chi connectivity index (χ1v) is 7.05. The van der Waals surface area contributed by atoms with Crippen molar-refractivity contribution in [3.8, 4) is 0 Å². The molecule has 0 spiro atoms. The zero-order valence-corrected chi connectivity index (χ0v) is 11.2. The van der Waals surface area contributed by atoms with Gasteiger partial charge in [0, 0.05) is 11.3 Å². The third kappa shape index (κ3) is 2.86. The number of aromatic nitrogens is 1. The number of carboxylic acid groups (broad SMARTS) is 1. The van der Waals surface area contributed by atoms with Gasteiger partial charge in [0.05, 0.1) is 16.6 Å². The summed E-state index contributed by atoms with van der Waals surface area (Å²) in [7, 11) is 0. The summed E-state index contributed by atoms with van der Waals surface area (Å²) < 4.78 is 0. The van der Waals surface area contributed by atoms with Crippen molar-refractivity contribution in [3.05, 3.63) is 15.6 Å². The van der Waals surface area contributed by atoms with Gasteiger partial charge in [-0.25, -0.2) is 4.98 Å². The van der Waals surface area contributed by atoms with Crippen LogP contribution in [-0.2, 0) is 11.2 Å². The topological polar surface area (TPSA) is 50.2 Å². The molecule has 3 nitrogen and oxygen atoms in total. The molecule has 1 atom stereocenters. The molecule has 1 N–H and O–H groups in total. The van der Waals surface area contributed by atoms with Crippen molar-refractivity contribution in [2.45, 2.75) is 46.0 Å². The molecule has 2 rings (SSSR count). The summed E-state index contributed by atoms with van der Waals surface area (Å²) >= 11 is 1.64. The Morgan fingerprint density at radius 3 is 2.59 bits per heavy atom. The number of carboxylic acids is 1. The fraction of sp³-hybridized carbons (Fsp3) is 0.692. The van der Waals surface area contributed by atoms with E-state index in [0.717, 1.165) is 23.5 Å². The van der Waals surface area contributed by atoms with Gasteiger partial charge in [-0.3, -0.25) is 4.79 Å². The second kappa shape index (κ2) is 5.17. The Bertz CT molecular complexity index is 388. The number of aryl methyl sites for hydroxylation is 2. The molecule has 17 heavy (non-hydrogen) atoms. The van der Waals surface area contributed by atoms with Crippen LogP contribution in [0.2, 0.25) is 0 Å². The molecule has 4 heteroatoms. The fourth-order valence-electron chi connectivity index (χ4n) is 2.63. The van der Waals surface area contributed by atoms with E-state index in [9.17, 15) is 9.90 Å². The van der Waals surface area contributed by atoms with E-state index in [0.29, 0.717) is 12.3 Å². The van der Waals surface area contributed by atoms with Crippen LogP contribution in [0.4, 0.5) is 0 Å². The Kier molecular flexibility index (Phi) is 3.82. The van der Waals surface area contributed by atoms with E-state index in [2.05, 4.69) is 4.98 Å². The highest BCUT2D eigenvalue weighted by atomic mass is 32.1. The Morgan fingerprint density at radius 1 is 1.47 bits per heavy atom. The third-order valence-electron chi connectivity index (χ3n) is 3.75. The van der Waals surface area contributed by atoms with Crippen molar-refractivity contribution in [1.82, 2.24) is 4.98 Å². The van der Waals surface area contributed by atoms with Crippen LogP contribution in [0.5, 0.6) is 0 Å². The SMILES string of the molecule is Cc1nc(CC(C(=O)O)C2CCCC2)sc1C. The lowest BCUT2D eigenvalue weighted by molar-refractivity contribution is -0.143. The van der Waals surface area contributed by atoms with Crippen molar-refractivity contribution in [2.24, 2.45) is 11.8 Å². The summed E-state index contributed by atoms with van der Waals surface area (Å²) in [5, 5.41) is 10.3. The second-order valence-corrected chi connectivity index (χ2v) is 6.23. The Morgan fingerprint density at radius 2 is 2.12 bits per heavy atom. The first-order valence-electron chi connectivity index (χ1n) is 6.23. The number of nitrogens with zero attached hydrogens (tertiary/aromatic N) is 1. The zero-order valence-electron chi connectivity index (χ0n) is 10.4. The van der Waals surface area contributed by atoms with Crippen LogP contribution in [-0.4, -0.2) is 16.1 Å². The molecular weight excluding hydrogens is 234 g/mol. The number of aliphatic carboxylic acids is 1. The molecule has 0 amide bonds. The molecule has 1 aromatic heterocycles. The van der Waals surface area contributed by atoms with Crippen LogP contribution >= 0.6 is 11.3 Å². The van der Waals surface area contributed by atoms with E-state index in [-0.39, 0.29) is 5.92 Å². The highest BCUT2D eigenvalue weighted by Gasteiger charge is 2.31. The van der Waals surface area contributed by atoms with Crippen molar-refractivity contribution in [3.63, 3.8) is 0 Å². The summed E-state index contributed by atoms with van der Waals surface area (Å²) in [4.78, 5) is 17.0. The standard InChI is InChI=1S/C13H19NO2S/c1-8-9(2)17-12(14-8)7-11(13(15)16)10-5-3-4-6-10/h10-11H,3-7H2,1-2H3,(H,15,16). The molecule has 1 saturated carbocycles. The van der Waals surface area contributed by atoms with Crippen molar-refractivity contribution < 1.29 is 9.90 Å². The largest absolute Gasteiger partial charge is 0.481 e. The maximum absolute atomic E-state index is 11.4. The maximum Gasteiger partial charge on any atom is 0.307 e. The maximum atomic E-state index is 11.4. The van der Waals surface area contributed by atoms with Gasteiger partial charge in [0.25, 0.3) is 0 Å². The minimum Gasteiger partial charge on any atom is -0.481 e. The third-order valence-corrected chi connectivity index (χ3v) is 4.85. The smallest absolute Gasteiger partial charge is 0.307 e. The van der Waals surface area contributed by atoms with Crippen LogP contribution in [0.25, 0.3) is 0 Å². The molecule has 1 aliphatic carbocycles. The molecule has 0 aromatic carbocycles. The molecule has 0 radical (unpaired) electrons. The molecule has 0 saturated heterocycles. The average Bonchev–Trinajstić information content (AvgIpc) is 2.86. The normalized spacial score (nSPS) is 18.5. The summed E-state index contributed by atoms with van der Waals surface area (Å²) in [6, 6.07) is 0. The van der Waals surface area contributed by atoms with Gasteiger partial charge in [0.2, 0.25) is 0 Å². The fourth-order valence-corrected chi connectivity index (χ4v) is 3.62. The molecule has 94 valence electrons. The average molecular weight is 253 g/mol. The van der Waals surface area contributed by atoms with Crippen molar-refractivity contribution in [2.75, 3.05) is 0 Å². The number of thiazole rings is 1. The van der Waals surface area contributed by atoms with Gasteiger partial charge in [-0.05, 0) is 32.6 Å². The minimum atomic E-state index is -0.651. The molecule has 1 fully saturated rings. The monoisotopic (exact) mass is 253 g/mol. The Hall–Kier alpha value is -0.900. The van der Waals surface area contributed by atoms with E-state index >= 15 is 0 Å². The van der Waals surface area contributed by atoms with Crippen molar-refractivity contribution in [1.29, 1.82) is 0 Å².